The summed E-state index contributed by atoms with van der Waals surface area (Å²) in [6, 6.07) is 8.71. The van der Waals surface area contributed by atoms with Gasteiger partial charge in [-0.1, -0.05) is 25.1 Å². The number of aromatic nitrogens is 2. The minimum atomic E-state index is -0.193. The van der Waals surface area contributed by atoms with Crippen molar-refractivity contribution in [3.8, 4) is 5.75 Å². The molecule has 6 nitrogen and oxygen atoms in total. The second-order valence-electron chi connectivity index (χ2n) is 5.82. The number of amides is 1. The second kappa shape index (κ2) is 9.27. The lowest BCUT2D eigenvalue weighted by molar-refractivity contribution is -0.113. The molecule has 0 saturated heterocycles. The quantitative estimate of drug-likeness (QED) is 0.557. The molecule has 1 heterocycles. The van der Waals surface area contributed by atoms with E-state index in [0.717, 1.165) is 24.3 Å². The predicted molar refractivity (Wildman–Crippen MR) is 100 cm³/mol. The van der Waals surface area contributed by atoms with Crippen molar-refractivity contribution in [3.63, 3.8) is 0 Å². The molecule has 25 heavy (non-hydrogen) atoms. The van der Waals surface area contributed by atoms with Crippen molar-refractivity contribution in [1.29, 1.82) is 0 Å². The number of aromatic amines is 1. The van der Waals surface area contributed by atoms with Gasteiger partial charge >= 0.3 is 0 Å². The van der Waals surface area contributed by atoms with E-state index in [1.165, 1.54) is 17.8 Å². The van der Waals surface area contributed by atoms with Crippen molar-refractivity contribution >= 4 is 23.4 Å². The van der Waals surface area contributed by atoms with Crippen LogP contribution < -0.4 is 15.6 Å². The zero-order valence-electron chi connectivity index (χ0n) is 14.7. The normalized spacial score (nSPS) is 10.7. The number of benzene rings is 1. The molecule has 0 unspecified atom stereocenters. The minimum absolute atomic E-state index is 0.106. The Kier molecular flexibility index (Phi) is 7.06. The van der Waals surface area contributed by atoms with Gasteiger partial charge in [-0.25, -0.2) is 4.98 Å². The second-order valence-corrected chi connectivity index (χ2v) is 6.78. The van der Waals surface area contributed by atoms with Crippen LogP contribution in [-0.4, -0.2) is 27.7 Å². The summed E-state index contributed by atoms with van der Waals surface area (Å²) in [6.07, 6.45) is 1.77. The zero-order chi connectivity index (χ0) is 18.2. The number of nitrogens with one attached hydrogen (secondary N) is 2. The molecule has 2 aromatic rings. The molecule has 0 bridgehead atoms. The largest absolute Gasteiger partial charge is 0.491 e. The first-order valence-electron chi connectivity index (χ1n) is 8.26. The van der Waals surface area contributed by atoms with Crippen molar-refractivity contribution in [3.05, 3.63) is 46.4 Å². The monoisotopic (exact) mass is 361 g/mol. The minimum Gasteiger partial charge on any atom is -0.491 e. The van der Waals surface area contributed by atoms with Gasteiger partial charge in [0.25, 0.3) is 5.56 Å². The number of H-pyrrole nitrogens is 1. The standard InChI is InChI=1S/C18H23N3O3S/c1-4-5-14-10-16(22)21-18(20-14)25-11-17(23)19-13-6-8-15(9-7-13)24-12(2)3/h6-10,12H,4-5,11H2,1-3H3,(H,19,23)(H,20,21,22). The van der Waals surface area contributed by atoms with Gasteiger partial charge in [0.05, 0.1) is 11.9 Å². The molecule has 0 aliphatic carbocycles. The highest BCUT2D eigenvalue weighted by Crippen LogP contribution is 2.18. The lowest BCUT2D eigenvalue weighted by Crippen LogP contribution is -2.16. The smallest absolute Gasteiger partial charge is 0.251 e. The van der Waals surface area contributed by atoms with Crippen LogP contribution in [0.1, 0.15) is 32.9 Å². The van der Waals surface area contributed by atoms with E-state index in [0.29, 0.717) is 10.8 Å². The molecule has 2 N–H and O–H groups in total. The van der Waals surface area contributed by atoms with Gasteiger partial charge in [-0.05, 0) is 44.5 Å². The Morgan fingerprint density at radius 1 is 1.32 bits per heavy atom. The van der Waals surface area contributed by atoms with Crippen molar-refractivity contribution in [2.75, 3.05) is 11.1 Å². The zero-order valence-corrected chi connectivity index (χ0v) is 15.5. The number of ether oxygens (including phenoxy) is 1. The van der Waals surface area contributed by atoms with Crippen LogP contribution in [0, 0.1) is 0 Å². The number of hydrogen-bond acceptors (Lipinski definition) is 5. The van der Waals surface area contributed by atoms with Crippen LogP contribution in [0.5, 0.6) is 5.75 Å². The molecule has 0 aliphatic rings. The van der Waals surface area contributed by atoms with Gasteiger partial charge in [-0.15, -0.1) is 0 Å². The number of aryl methyl sites for hydroxylation is 1. The first-order valence-corrected chi connectivity index (χ1v) is 9.24. The van der Waals surface area contributed by atoms with Crippen molar-refractivity contribution < 1.29 is 9.53 Å². The van der Waals surface area contributed by atoms with E-state index in [-0.39, 0.29) is 23.3 Å². The third kappa shape index (κ3) is 6.62. The van der Waals surface area contributed by atoms with Gasteiger partial charge in [-0.3, -0.25) is 9.59 Å². The Bertz CT molecular complexity index is 757. The van der Waals surface area contributed by atoms with E-state index in [1.807, 2.05) is 32.9 Å². The molecular weight excluding hydrogens is 338 g/mol. The van der Waals surface area contributed by atoms with E-state index >= 15 is 0 Å². The van der Waals surface area contributed by atoms with E-state index in [1.54, 1.807) is 12.1 Å². The van der Waals surface area contributed by atoms with E-state index in [4.69, 9.17) is 4.74 Å². The highest BCUT2D eigenvalue weighted by molar-refractivity contribution is 7.99. The Morgan fingerprint density at radius 3 is 2.68 bits per heavy atom. The molecule has 0 radical (unpaired) electrons. The number of thioether (sulfide) groups is 1. The fraction of sp³-hybridized carbons (Fsp3) is 0.389. The molecule has 0 saturated carbocycles. The van der Waals surface area contributed by atoms with Crippen molar-refractivity contribution in [1.82, 2.24) is 9.97 Å². The van der Waals surface area contributed by atoms with Gasteiger partial charge in [-0.2, -0.15) is 0 Å². The topological polar surface area (TPSA) is 84.1 Å². The van der Waals surface area contributed by atoms with Crippen LogP contribution in [0.3, 0.4) is 0 Å². The highest BCUT2D eigenvalue weighted by atomic mass is 32.2. The average molecular weight is 361 g/mol. The Hall–Kier alpha value is -2.28. The molecule has 0 spiro atoms. The molecule has 2 rings (SSSR count). The Balaban J connectivity index is 1.89. The summed E-state index contributed by atoms with van der Waals surface area (Å²) >= 11 is 1.21. The summed E-state index contributed by atoms with van der Waals surface area (Å²) in [5.74, 6) is 0.769. The van der Waals surface area contributed by atoms with E-state index in [2.05, 4.69) is 15.3 Å². The van der Waals surface area contributed by atoms with Gasteiger partial charge in [0.2, 0.25) is 5.91 Å². The molecule has 134 valence electrons. The summed E-state index contributed by atoms with van der Waals surface area (Å²) in [7, 11) is 0. The summed E-state index contributed by atoms with van der Waals surface area (Å²) in [5.41, 5.74) is 1.25. The van der Waals surface area contributed by atoms with Crippen LogP contribution in [0.2, 0.25) is 0 Å². The maximum absolute atomic E-state index is 12.1. The van der Waals surface area contributed by atoms with Crippen molar-refractivity contribution in [2.24, 2.45) is 0 Å². The molecule has 1 amide bonds. The van der Waals surface area contributed by atoms with Crippen LogP contribution in [0.4, 0.5) is 5.69 Å². The summed E-state index contributed by atoms with van der Waals surface area (Å²) in [4.78, 5) is 30.7. The summed E-state index contributed by atoms with van der Waals surface area (Å²) in [6.45, 7) is 5.95. The first-order chi connectivity index (χ1) is 12.0. The number of anilines is 1. The third-order valence-electron chi connectivity index (χ3n) is 3.13. The first kappa shape index (κ1) is 19.1. The van der Waals surface area contributed by atoms with Gasteiger partial charge < -0.3 is 15.0 Å². The van der Waals surface area contributed by atoms with Crippen LogP contribution >= 0.6 is 11.8 Å². The number of carbonyl (C=O) groups is 1. The van der Waals surface area contributed by atoms with Crippen LogP contribution in [0.25, 0.3) is 0 Å². The molecule has 1 aromatic heterocycles. The van der Waals surface area contributed by atoms with E-state index < -0.39 is 0 Å². The predicted octanol–water partition coefficient (Wildman–Crippen LogP) is 3.24. The SMILES string of the molecule is CCCc1cc(=O)[nH]c(SCC(=O)Nc2ccc(OC(C)C)cc2)n1. The molecule has 0 fully saturated rings. The fourth-order valence-electron chi connectivity index (χ4n) is 2.16. The lowest BCUT2D eigenvalue weighted by atomic mass is 10.2. The summed E-state index contributed by atoms with van der Waals surface area (Å²) in [5, 5.41) is 3.28. The van der Waals surface area contributed by atoms with Gasteiger partial charge in [0.15, 0.2) is 5.16 Å². The molecule has 1 aromatic carbocycles. The number of carbonyl (C=O) groups excluding carboxylic acids is 1. The molecular formula is C18H23N3O3S. The lowest BCUT2D eigenvalue weighted by Gasteiger charge is -2.10. The molecule has 0 aliphatic heterocycles. The third-order valence-corrected chi connectivity index (χ3v) is 4.00. The van der Waals surface area contributed by atoms with Crippen LogP contribution in [-0.2, 0) is 11.2 Å². The van der Waals surface area contributed by atoms with Gasteiger partial charge in [0.1, 0.15) is 5.75 Å². The number of nitrogens with zero attached hydrogens (tertiary/aromatic N) is 1. The number of hydrogen-bond donors (Lipinski definition) is 2. The molecule has 0 atom stereocenters. The van der Waals surface area contributed by atoms with Crippen LogP contribution in [0.15, 0.2) is 40.3 Å². The average Bonchev–Trinajstić information content (AvgIpc) is 2.54. The Morgan fingerprint density at radius 2 is 2.04 bits per heavy atom. The maximum Gasteiger partial charge on any atom is 0.251 e. The van der Waals surface area contributed by atoms with Crippen molar-refractivity contribution in [2.45, 2.75) is 44.9 Å². The van der Waals surface area contributed by atoms with Gasteiger partial charge in [0, 0.05) is 17.4 Å². The van der Waals surface area contributed by atoms with E-state index in [9.17, 15) is 9.59 Å². The number of rotatable bonds is 8. The highest BCUT2D eigenvalue weighted by Gasteiger charge is 2.07. The molecule has 7 heteroatoms. The maximum atomic E-state index is 12.1. The summed E-state index contributed by atoms with van der Waals surface area (Å²) < 4.78 is 5.56. The fourth-order valence-corrected chi connectivity index (χ4v) is 2.85. The Labute approximate surface area is 151 Å².